The number of rotatable bonds is 3. The first-order valence-corrected chi connectivity index (χ1v) is 3.01. The minimum Gasteiger partial charge on any atom is -0.481 e. The van der Waals surface area contributed by atoms with Crippen LogP contribution in [0, 0.1) is 0 Å². The van der Waals surface area contributed by atoms with Gasteiger partial charge in [-0.2, -0.15) is 0 Å². The first-order valence-electron chi connectivity index (χ1n) is 3.01. The second-order valence-electron chi connectivity index (χ2n) is 2.20. The van der Waals surface area contributed by atoms with Crippen molar-refractivity contribution in [2.75, 3.05) is 0 Å². The zero-order valence-electron chi connectivity index (χ0n) is 6.05. The van der Waals surface area contributed by atoms with E-state index in [1.165, 1.54) is 6.92 Å². The van der Waals surface area contributed by atoms with Crippen molar-refractivity contribution in [3.63, 3.8) is 0 Å². The largest absolute Gasteiger partial charge is 0.481 e. The maximum absolute atomic E-state index is 10.3. The topological polar surface area (TPSA) is 66.4 Å². The summed E-state index contributed by atoms with van der Waals surface area (Å²) in [4.78, 5) is 20.4. The van der Waals surface area contributed by atoms with E-state index in [9.17, 15) is 9.59 Å². The molecular weight excluding hydrogens is 134 g/mol. The van der Waals surface area contributed by atoms with Crippen molar-refractivity contribution < 1.29 is 14.7 Å². The van der Waals surface area contributed by atoms with Gasteiger partial charge in [0.1, 0.15) is 0 Å². The molecule has 0 aliphatic heterocycles. The van der Waals surface area contributed by atoms with Crippen LogP contribution in [0.15, 0.2) is 0 Å². The number of aliphatic carboxylic acids is 1. The summed E-state index contributed by atoms with van der Waals surface area (Å²) >= 11 is 0. The lowest BCUT2D eigenvalue weighted by Gasteiger charge is -2.07. The SMILES string of the molecule is CC(=O)N[C@@H](C)CC(=O)O. The summed E-state index contributed by atoms with van der Waals surface area (Å²) in [5, 5.41) is 10.7. The Hall–Kier alpha value is -1.06. The Bertz CT molecular complexity index is 128. The van der Waals surface area contributed by atoms with E-state index in [4.69, 9.17) is 5.11 Å². The molecule has 0 bridgehead atoms. The highest BCUT2D eigenvalue weighted by Crippen LogP contribution is 1.88. The van der Waals surface area contributed by atoms with Crippen molar-refractivity contribution in [2.24, 2.45) is 0 Å². The first-order chi connectivity index (χ1) is 4.52. The number of hydrogen-bond acceptors (Lipinski definition) is 2. The van der Waals surface area contributed by atoms with Crippen molar-refractivity contribution in [3.05, 3.63) is 0 Å². The second-order valence-corrected chi connectivity index (χ2v) is 2.20. The van der Waals surface area contributed by atoms with E-state index >= 15 is 0 Å². The highest BCUT2D eigenvalue weighted by Gasteiger charge is 2.06. The molecule has 0 aromatic rings. The van der Waals surface area contributed by atoms with Gasteiger partial charge in [0.25, 0.3) is 0 Å². The summed E-state index contributed by atoms with van der Waals surface area (Å²) in [5.41, 5.74) is 0. The Morgan fingerprint density at radius 3 is 2.40 bits per heavy atom. The highest BCUT2D eigenvalue weighted by molar-refractivity contribution is 5.74. The molecular formula is C6H11NO3. The number of nitrogens with one attached hydrogen (secondary N) is 1. The lowest BCUT2D eigenvalue weighted by Crippen LogP contribution is -2.32. The molecule has 0 fully saturated rings. The maximum atomic E-state index is 10.3. The Morgan fingerprint density at radius 2 is 2.10 bits per heavy atom. The number of hydrogen-bond donors (Lipinski definition) is 2. The molecule has 58 valence electrons. The van der Waals surface area contributed by atoms with Crippen LogP contribution in [0.1, 0.15) is 20.3 Å². The normalized spacial score (nSPS) is 12.2. The van der Waals surface area contributed by atoms with Crippen molar-refractivity contribution >= 4 is 11.9 Å². The maximum Gasteiger partial charge on any atom is 0.305 e. The smallest absolute Gasteiger partial charge is 0.305 e. The predicted octanol–water partition coefficient (Wildman–Crippen LogP) is -0.0143. The molecule has 0 aliphatic carbocycles. The van der Waals surface area contributed by atoms with Crippen molar-refractivity contribution in [2.45, 2.75) is 26.3 Å². The van der Waals surface area contributed by atoms with E-state index in [2.05, 4.69) is 5.32 Å². The lowest BCUT2D eigenvalue weighted by molar-refractivity contribution is -0.137. The van der Waals surface area contributed by atoms with Gasteiger partial charge in [0.15, 0.2) is 0 Å². The molecule has 4 heteroatoms. The Labute approximate surface area is 59.2 Å². The molecule has 0 spiro atoms. The zero-order chi connectivity index (χ0) is 8.15. The van der Waals surface area contributed by atoms with Gasteiger partial charge in [0.05, 0.1) is 6.42 Å². The van der Waals surface area contributed by atoms with Crippen LogP contribution in [-0.4, -0.2) is 23.0 Å². The molecule has 0 saturated carbocycles. The first kappa shape index (κ1) is 8.94. The van der Waals surface area contributed by atoms with Gasteiger partial charge in [-0.25, -0.2) is 0 Å². The van der Waals surface area contributed by atoms with Crippen molar-refractivity contribution in [3.8, 4) is 0 Å². The summed E-state index contributed by atoms with van der Waals surface area (Å²) in [6.45, 7) is 3.01. The van der Waals surface area contributed by atoms with Crippen LogP contribution in [0.2, 0.25) is 0 Å². The fourth-order valence-electron chi connectivity index (χ4n) is 0.660. The third-order valence-corrected chi connectivity index (χ3v) is 0.930. The average Bonchev–Trinajstić information content (AvgIpc) is 1.58. The monoisotopic (exact) mass is 145 g/mol. The number of carbonyl (C=O) groups is 2. The Kier molecular flexibility index (Phi) is 3.46. The molecule has 4 nitrogen and oxygen atoms in total. The van der Waals surface area contributed by atoms with Crippen LogP contribution in [0.4, 0.5) is 0 Å². The quantitative estimate of drug-likeness (QED) is 0.586. The molecule has 0 unspecified atom stereocenters. The van der Waals surface area contributed by atoms with Gasteiger partial charge in [0.2, 0.25) is 5.91 Å². The molecule has 0 radical (unpaired) electrons. The van der Waals surface area contributed by atoms with E-state index < -0.39 is 5.97 Å². The molecule has 0 rings (SSSR count). The summed E-state index contributed by atoms with van der Waals surface area (Å²) < 4.78 is 0. The van der Waals surface area contributed by atoms with Gasteiger partial charge in [-0.3, -0.25) is 9.59 Å². The van der Waals surface area contributed by atoms with Gasteiger partial charge in [-0.1, -0.05) is 0 Å². The third-order valence-electron chi connectivity index (χ3n) is 0.930. The van der Waals surface area contributed by atoms with Crippen LogP contribution < -0.4 is 5.32 Å². The molecule has 0 aromatic carbocycles. The Morgan fingerprint density at radius 1 is 1.60 bits per heavy atom. The average molecular weight is 145 g/mol. The molecule has 10 heavy (non-hydrogen) atoms. The summed E-state index contributed by atoms with van der Waals surface area (Å²) in [6.07, 6.45) is -0.0282. The number of carbonyl (C=O) groups excluding carboxylic acids is 1. The zero-order valence-corrected chi connectivity index (χ0v) is 6.05. The minimum absolute atomic E-state index is 0.0282. The van der Waals surface area contributed by atoms with Gasteiger partial charge in [0, 0.05) is 13.0 Å². The third kappa shape index (κ3) is 5.08. The lowest BCUT2D eigenvalue weighted by atomic mass is 10.2. The summed E-state index contributed by atoms with van der Waals surface area (Å²) in [7, 11) is 0. The van der Waals surface area contributed by atoms with Gasteiger partial charge in [-0.05, 0) is 6.92 Å². The standard InChI is InChI=1S/C6H11NO3/c1-4(3-6(9)10)7-5(2)8/h4H,3H2,1-2H3,(H,7,8)(H,9,10)/t4-/m0/s1. The summed E-state index contributed by atoms with van der Waals surface area (Å²) in [5.74, 6) is -1.10. The Balaban J connectivity index is 3.53. The van der Waals surface area contributed by atoms with E-state index in [0.717, 1.165) is 0 Å². The van der Waals surface area contributed by atoms with Crippen LogP contribution in [0.5, 0.6) is 0 Å². The van der Waals surface area contributed by atoms with E-state index in [1.54, 1.807) is 6.92 Å². The van der Waals surface area contributed by atoms with Crippen LogP contribution in [0.3, 0.4) is 0 Å². The van der Waals surface area contributed by atoms with Crippen LogP contribution in [-0.2, 0) is 9.59 Å². The van der Waals surface area contributed by atoms with E-state index in [0.29, 0.717) is 0 Å². The van der Waals surface area contributed by atoms with Crippen molar-refractivity contribution in [1.29, 1.82) is 0 Å². The fourth-order valence-corrected chi connectivity index (χ4v) is 0.660. The van der Waals surface area contributed by atoms with E-state index in [1.807, 2.05) is 0 Å². The second kappa shape index (κ2) is 3.87. The number of carboxylic acids is 1. The summed E-state index contributed by atoms with van der Waals surface area (Å²) in [6, 6.07) is -0.282. The molecule has 0 heterocycles. The number of amides is 1. The van der Waals surface area contributed by atoms with Gasteiger partial charge in [-0.15, -0.1) is 0 Å². The van der Waals surface area contributed by atoms with Gasteiger partial charge < -0.3 is 10.4 Å². The fraction of sp³-hybridized carbons (Fsp3) is 0.667. The predicted molar refractivity (Wildman–Crippen MR) is 35.5 cm³/mol. The van der Waals surface area contributed by atoms with Crippen LogP contribution >= 0.6 is 0 Å². The van der Waals surface area contributed by atoms with Gasteiger partial charge >= 0.3 is 5.97 Å². The molecule has 0 aliphatic rings. The molecule has 2 N–H and O–H groups in total. The number of carboxylic acid groups (broad SMARTS) is 1. The van der Waals surface area contributed by atoms with Crippen molar-refractivity contribution in [1.82, 2.24) is 5.32 Å². The minimum atomic E-state index is -0.902. The molecule has 1 atom stereocenters. The highest BCUT2D eigenvalue weighted by atomic mass is 16.4. The van der Waals surface area contributed by atoms with Crippen LogP contribution in [0.25, 0.3) is 0 Å². The molecule has 0 aromatic heterocycles. The van der Waals surface area contributed by atoms with E-state index in [-0.39, 0.29) is 18.4 Å². The molecule has 0 saturated heterocycles. The molecule has 1 amide bonds.